The fourth-order valence-electron chi connectivity index (χ4n) is 2.98. The van der Waals surface area contributed by atoms with Crippen molar-refractivity contribution in [3.63, 3.8) is 0 Å². The van der Waals surface area contributed by atoms with Crippen molar-refractivity contribution >= 4 is 20.8 Å². The molecule has 23 heavy (non-hydrogen) atoms. The van der Waals surface area contributed by atoms with E-state index in [2.05, 4.69) is 4.72 Å². The minimum absolute atomic E-state index is 0.318. The van der Waals surface area contributed by atoms with E-state index in [1.807, 2.05) is 60.7 Å². The molecule has 1 aliphatic carbocycles. The van der Waals surface area contributed by atoms with Gasteiger partial charge in [0.1, 0.15) is 0 Å². The third-order valence-corrected chi connectivity index (χ3v) is 5.97. The summed E-state index contributed by atoms with van der Waals surface area (Å²) in [6.45, 7) is 0. The molecular formula is C19H17NO2S. The molecule has 0 spiro atoms. The molecule has 0 atom stereocenters. The first kappa shape index (κ1) is 14.4. The summed E-state index contributed by atoms with van der Waals surface area (Å²) in [5.74, 6) is 0. The van der Waals surface area contributed by atoms with E-state index >= 15 is 0 Å². The van der Waals surface area contributed by atoms with Crippen LogP contribution in [0.3, 0.4) is 0 Å². The van der Waals surface area contributed by atoms with E-state index in [0.717, 1.165) is 29.2 Å². The van der Waals surface area contributed by atoms with Gasteiger partial charge in [0.2, 0.25) is 10.0 Å². The predicted molar refractivity (Wildman–Crippen MR) is 91.6 cm³/mol. The number of fused-ring (bicyclic) bond motifs is 1. The summed E-state index contributed by atoms with van der Waals surface area (Å²) in [6.07, 6.45) is 1.67. The summed E-state index contributed by atoms with van der Waals surface area (Å²) >= 11 is 0. The summed E-state index contributed by atoms with van der Waals surface area (Å²) in [5, 5.41) is 1.97. The van der Waals surface area contributed by atoms with Crippen molar-refractivity contribution in [2.75, 3.05) is 0 Å². The second-order valence-corrected chi connectivity index (χ2v) is 7.74. The molecule has 4 rings (SSSR count). The number of nitrogens with one attached hydrogen (secondary N) is 1. The molecule has 3 aromatic carbocycles. The zero-order chi connectivity index (χ0) is 15.9. The fraction of sp³-hybridized carbons (Fsp3) is 0.158. The SMILES string of the molecule is O=S(=O)(NC1(c2ccccc2)CC1)c1ccc2ccccc2c1. The molecule has 3 nitrogen and oxygen atoms in total. The van der Waals surface area contributed by atoms with Crippen LogP contribution in [0.25, 0.3) is 10.8 Å². The zero-order valence-electron chi connectivity index (χ0n) is 12.6. The van der Waals surface area contributed by atoms with Gasteiger partial charge in [-0.05, 0) is 41.3 Å². The highest BCUT2D eigenvalue weighted by atomic mass is 32.2. The molecule has 4 heteroatoms. The van der Waals surface area contributed by atoms with Crippen LogP contribution in [0.2, 0.25) is 0 Å². The van der Waals surface area contributed by atoms with Crippen molar-refractivity contribution in [2.24, 2.45) is 0 Å². The van der Waals surface area contributed by atoms with Crippen LogP contribution in [0.15, 0.2) is 77.7 Å². The van der Waals surface area contributed by atoms with Gasteiger partial charge in [-0.15, -0.1) is 0 Å². The van der Waals surface area contributed by atoms with E-state index in [0.29, 0.717) is 4.90 Å². The minimum Gasteiger partial charge on any atom is -0.207 e. The molecule has 0 unspecified atom stereocenters. The minimum atomic E-state index is -3.55. The molecule has 0 aromatic heterocycles. The Balaban J connectivity index is 1.70. The molecule has 3 aromatic rings. The lowest BCUT2D eigenvalue weighted by atomic mass is 10.1. The predicted octanol–water partition coefficient (Wildman–Crippen LogP) is 3.81. The van der Waals surface area contributed by atoms with Crippen molar-refractivity contribution in [2.45, 2.75) is 23.3 Å². The fourth-order valence-corrected chi connectivity index (χ4v) is 4.47. The Hall–Kier alpha value is -2.17. The monoisotopic (exact) mass is 323 g/mol. The lowest BCUT2D eigenvalue weighted by Gasteiger charge is -2.18. The number of sulfonamides is 1. The van der Waals surface area contributed by atoms with E-state index in [-0.39, 0.29) is 0 Å². The standard InChI is InChI=1S/C19H17NO2S/c21-23(22,18-11-10-15-6-4-5-7-16(15)14-18)20-19(12-13-19)17-8-2-1-3-9-17/h1-11,14,20H,12-13H2. The van der Waals surface area contributed by atoms with Gasteiger partial charge in [-0.1, -0.05) is 60.7 Å². The first-order valence-electron chi connectivity index (χ1n) is 7.67. The van der Waals surface area contributed by atoms with Crippen molar-refractivity contribution in [3.8, 4) is 0 Å². The Morgan fingerprint density at radius 1 is 0.783 bits per heavy atom. The number of rotatable bonds is 4. The van der Waals surface area contributed by atoms with Crippen LogP contribution in [0.1, 0.15) is 18.4 Å². The molecule has 1 N–H and O–H groups in total. The van der Waals surface area contributed by atoms with Crippen LogP contribution in [-0.4, -0.2) is 8.42 Å². The first-order valence-corrected chi connectivity index (χ1v) is 9.16. The Bertz CT molecular complexity index is 961. The topological polar surface area (TPSA) is 46.2 Å². The van der Waals surface area contributed by atoms with E-state index in [1.54, 1.807) is 12.1 Å². The number of benzene rings is 3. The van der Waals surface area contributed by atoms with Gasteiger partial charge in [-0.25, -0.2) is 13.1 Å². The molecule has 0 radical (unpaired) electrons. The van der Waals surface area contributed by atoms with Crippen LogP contribution < -0.4 is 4.72 Å². The first-order chi connectivity index (χ1) is 11.1. The van der Waals surface area contributed by atoms with Gasteiger partial charge in [0, 0.05) is 0 Å². The summed E-state index contributed by atoms with van der Waals surface area (Å²) in [5.41, 5.74) is 0.593. The zero-order valence-corrected chi connectivity index (χ0v) is 13.4. The van der Waals surface area contributed by atoms with Gasteiger partial charge in [-0.2, -0.15) is 0 Å². The summed E-state index contributed by atoms with van der Waals surface area (Å²) in [6, 6.07) is 22.8. The maximum absolute atomic E-state index is 12.8. The molecule has 0 saturated heterocycles. The highest BCUT2D eigenvalue weighted by molar-refractivity contribution is 7.89. The third kappa shape index (κ3) is 2.64. The molecule has 0 bridgehead atoms. The Kier molecular flexibility index (Phi) is 3.25. The summed E-state index contributed by atoms with van der Waals surface area (Å²) in [7, 11) is -3.55. The van der Waals surface area contributed by atoms with Gasteiger partial charge in [0.05, 0.1) is 10.4 Å². The second kappa shape index (κ2) is 5.18. The van der Waals surface area contributed by atoms with Crippen molar-refractivity contribution < 1.29 is 8.42 Å². The van der Waals surface area contributed by atoms with Gasteiger partial charge in [0.15, 0.2) is 0 Å². The Morgan fingerprint density at radius 3 is 2.13 bits per heavy atom. The molecule has 1 aliphatic rings. The highest BCUT2D eigenvalue weighted by Crippen LogP contribution is 2.46. The average molecular weight is 323 g/mol. The van der Waals surface area contributed by atoms with E-state index in [9.17, 15) is 8.42 Å². The molecule has 116 valence electrons. The van der Waals surface area contributed by atoms with Gasteiger partial charge in [0.25, 0.3) is 0 Å². The van der Waals surface area contributed by atoms with E-state index < -0.39 is 15.6 Å². The van der Waals surface area contributed by atoms with Gasteiger partial charge < -0.3 is 0 Å². The smallest absolute Gasteiger partial charge is 0.207 e. The van der Waals surface area contributed by atoms with Crippen LogP contribution in [0, 0.1) is 0 Å². The number of hydrogen-bond donors (Lipinski definition) is 1. The van der Waals surface area contributed by atoms with Crippen molar-refractivity contribution in [1.29, 1.82) is 0 Å². The molecule has 0 heterocycles. The lowest BCUT2D eigenvalue weighted by Crippen LogP contribution is -2.34. The van der Waals surface area contributed by atoms with Gasteiger partial charge in [-0.3, -0.25) is 0 Å². The normalized spacial score (nSPS) is 16.3. The van der Waals surface area contributed by atoms with E-state index in [4.69, 9.17) is 0 Å². The van der Waals surface area contributed by atoms with Crippen LogP contribution >= 0.6 is 0 Å². The average Bonchev–Trinajstić information content (AvgIpc) is 3.35. The Labute approximate surface area is 136 Å². The Morgan fingerprint density at radius 2 is 1.43 bits per heavy atom. The molecular weight excluding hydrogens is 306 g/mol. The molecule has 0 aliphatic heterocycles. The van der Waals surface area contributed by atoms with Crippen LogP contribution in [-0.2, 0) is 15.6 Å². The summed E-state index contributed by atoms with van der Waals surface area (Å²) in [4.78, 5) is 0.318. The quantitative estimate of drug-likeness (QED) is 0.793. The second-order valence-electron chi connectivity index (χ2n) is 6.06. The highest BCUT2D eigenvalue weighted by Gasteiger charge is 2.47. The van der Waals surface area contributed by atoms with Gasteiger partial charge >= 0.3 is 0 Å². The van der Waals surface area contributed by atoms with Crippen LogP contribution in [0.5, 0.6) is 0 Å². The maximum Gasteiger partial charge on any atom is 0.241 e. The third-order valence-electron chi connectivity index (χ3n) is 4.44. The largest absolute Gasteiger partial charge is 0.241 e. The van der Waals surface area contributed by atoms with Crippen LogP contribution in [0.4, 0.5) is 0 Å². The van der Waals surface area contributed by atoms with Crippen molar-refractivity contribution in [3.05, 3.63) is 78.4 Å². The van der Waals surface area contributed by atoms with Crippen molar-refractivity contribution in [1.82, 2.24) is 4.72 Å². The summed E-state index contributed by atoms with van der Waals surface area (Å²) < 4.78 is 28.5. The maximum atomic E-state index is 12.8. The lowest BCUT2D eigenvalue weighted by molar-refractivity contribution is 0.552. The molecule has 1 fully saturated rings. The number of hydrogen-bond acceptors (Lipinski definition) is 2. The molecule has 1 saturated carbocycles. The molecule has 0 amide bonds. The van der Waals surface area contributed by atoms with E-state index in [1.165, 1.54) is 0 Å².